The first-order valence-electron chi connectivity index (χ1n) is 6.45. The Balaban J connectivity index is 2.57. The van der Waals surface area contributed by atoms with E-state index >= 15 is 0 Å². The lowest BCUT2D eigenvalue weighted by Crippen LogP contribution is -2.35. The van der Waals surface area contributed by atoms with Crippen LogP contribution in [-0.4, -0.2) is 31.2 Å². The molecule has 106 valence electrons. The van der Waals surface area contributed by atoms with Crippen molar-refractivity contribution in [3.63, 3.8) is 0 Å². The zero-order valence-corrected chi connectivity index (χ0v) is 11.7. The van der Waals surface area contributed by atoms with E-state index in [-0.39, 0.29) is 24.2 Å². The van der Waals surface area contributed by atoms with Gasteiger partial charge in [0.1, 0.15) is 11.5 Å². The number of aromatic hydroxyl groups is 1. The van der Waals surface area contributed by atoms with Crippen LogP contribution in [0.4, 0.5) is 0 Å². The molecule has 1 atom stereocenters. The highest BCUT2D eigenvalue weighted by Crippen LogP contribution is 2.27. The summed E-state index contributed by atoms with van der Waals surface area (Å²) < 4.78 is 5.12. The molecular weight excluding hydrogens is 244 g/mol. The average molecular weight is 266 g/mol. The lowest BCUT2D eigenvalue weighted by Gasteiger charge is -2.16. The van der Waals surface area contributed by atoms with Crippen molar-refractivity contribution >= 4 is 5.91 Å². The van der Waals surface area contributed by atoms with Gasteiger partial charge in [0, 0.05) is 18.2 Å². The Morgan fingerprint density at radius 3 is 2.84 bits per heavy atom. The van der Waals surface area contributed by atoms with Gasteiger partial charge in [-0.3, -0.25) is 4.79 Å². The molecular formula is C14H22N2O3. The number of nitrogens with one attached hydrogen (secondary N) is 2. The Bertz CT molecular complexity index is 421. The maximum atomic E-state index is 11.5. The van der Waals surface area contributed by atoms with E-state index in [0.29, 0.717) is 17.9 Å². The van der Waals surface area contributed by atoms with Crippen LogP contribution in [0.2, 0.25) is 0 Å². The number of phenols is 1. The Morgan fingerprint density at radius 1 is 1.47 bits per heavy atom. The molecule has 1 unspecified atom stereocenters. The van der Waals surface area contributed by atoms with E-state index in [9.17, 15) is 9.90 Å². The summed E-state index contributed by atoms with van der Waals surface area (Å²) in [5.41, 5.74) is 0.711. The molecule has 0 saturated carbocycles. The first-order valence-corrected chi connectivity index (χ1v) is 6.45. The minimum Gasteiger partial charge on any atom is -0.508 e. The van der Waals surface area contributed by atoms with E-state index in [2.05, 4.69) is 10.6 Å². The molecule has 3 N–H and O–H groups in total. The van der Waals surface area contributed by atoms with E-state index in [4.69, 9.17) is 4.74 Å². The summed E-state index contributed by atoms with van der Waals surface area (Å²) in [6.45, 7) is 4.79. The van der Waals surface area contributed by atoms with Crippen molar-refractivity contribution in [3.05, 3.63) is 23.8 Å². The molecule has 19 heavy (non-hydrogen) atoms. The second-order valence-corrected chi connectivity index (χ2v) is 4.38. The molecule has 0 bridgehead atoms. The third-order valence-electron chi connectivity index (χ3n) is 2.84. The van der Waals surface area contributed by atoms with Gasteiger partial charge in [-0.05, 0) is 31.5 Å². The number of rotatable bonds is 7. The fourth-order valence-corrected chi connectivity index (χ4v) is 1.69. The molecule has 1 aromatic rings. The van der Waals surface area contributed by atoms with Gasteiger partial charge in [-0.15, -0.1) is 0 Å². The fourth-order valence-electron chi connectivity index (χ4n) is 1.69. The number of hydrogen-bond acceptors (Lipinski definition) is 4. The number of carbonyl (C=O) groups excluding carboxylic acids is 1. The van der Waals surface area contributed by atoms with E-state index in [1.807, 2.05) is 13.8 Å². The Labute approximate surface area is 114 Å². The number of ether oxygens (including phenoxy) is 1. The van der Waals surface area contributed by atoms with Crippen molar-refractivity contribution in [2.24, 2.45) is 0 Å². The largest absolute Gasteiger partial charge is 0.508 e. The van der Waals surface area contributed by atoms with Crippen molar-refractivity contribution in [1.82, 2.24) is 10.6 Å². The summed E-state index contributed by atoms with van der Waals surface area (Å²) in [5.74, 6) is 0.822. The molecule has 0 radical (unpaired) electrons. The molecule has 0 aliphatic carbocycles. The maximum absolute atomic E-state index is 11.5. The van der Waals surface area contributed by atoms with Gasteiger partial charge < -0.3 is 20.5 Å². The molecule has 5 nitrogen and oxygen atoms in total. The van der Waals surface area contributed by atoms with Crippen molar-refractivity contribution in [1.29, 1.82) is 0 Å². The highest BCUT2D eigenvalue weighted by molar-refractivity contribution is 5.78. The summed E-state index contributed by atoms with van der Waals surface area (Å²) in [6.07, 6.45) is 0.915. The minimum atomic E-state index is -0.137. The highest BCUT2D eigenvalue weighted by Gasteiger charge is 2.12. The number of methoxy groups -OCH3 is 1. The number of benzene rings is 1. The molecule has 0 aliphatic rings. The molecule has 0 aliphatic heterocycles. The molecule has 1 rings (SSSR count). The highest BCUT2D eigenvalue weighted by atomic mass is 16.5. The first kappa shape index (κ1) is 15.3. The van der Waals surface area contributed by atoms with Crippen molar-refractivity contribution < 1.29 is 14.6 Å². The van der Waals surface area contributed by atoms with Crippen LogP contribution in [0.15, 0.2) is 18.2 Å². The van der Waals surface area contributed by atoms with Crippen LogP contribution in [-0.2, 0) is 4.79 Å². The van der Waals surface area contributed by atoms with Crippen LogP contribution < -0.4 is 15.4 Å². The summed E-state index contributed by atoms with van der Waals surface area (Å²) in [5, 5.41) is 15.7. The molecule has 0 heterocycles. The normalized spacial score (nSPS) is 11.9. The van der Waals surface area contributed by atoms with Crippen LogP contribution in [0.3, 0.4) is 0 Å². The van der Waals surface area contributed by atoms with Crippen LogP contribution in [0.5, 0.6) is 11.5 Å². The lowest BCUT2D eigenvalue weighted by molar-refractivity contribution is -0.120. The van der Waals surface area contributed by atoms with Gasteiger partial charge in [-0.25, -0.2) is 0 Å². The van der Waals surface area contributed by atoms with Gasteiger partial charge in [-0.1, -0.05) is 6.92 Å². The predicted octanol–water partition coefficient (Wildman–Crippen LogP) is 1.58. The second kappa shape index (κ2) is 7.63. The van der Waals surface area contributed by atoms with Crippen molar-refractivity contribution in [2.45, 2.75) is 26.3 Å². The zero-order chi connectivity index (χ0) is 14.3. The molecule has 1 aromatic carbocycles. The van der Waals surface area contributed by atoms with Gasteiger partial charge in [-0.2, -0.15) is 0 Å². The Morgan fingerprint density at radius 2 is 2.21 bits per heavy atom. The zero-order valence-electron chi connectivity index (χ0n) is 11.7. The smallest absolute Gasteiger partial charge is 0.233 e. The molecule has 0 spiro atoms. The summed E-state index contributed by atoms with van der Waals surface area (Å²) in [7, 11) is 1.58. The number of amides is 1. The lowest BCUT2D eigenvalue weighted by atomic mass is 10.1. The molecule has 0 aromatic heterocycles. The Hall–Kier alpha value is -1.75. The molecule has 0 saturated heterocycles. The fraction of sp³-hybridized carbons (Fsp3) is 0.500. The van der Waals surface area contributed by atoms with Crippen LogP contribution in [0.25, 0.3) is 0 Å². The number of carbonyl (C=O) groups is 1. The maximum Gasteiger partial charge on any atom is 0.233 e. The SMILES string of the molecule is CCCNC(=O)CNC(C)c1cc(OC)ccc1O. The van der Waals surface area contributed by atoms with Crippen LogP contribution >= 0.6 is 0 Å². The minimum absolute atomic E-state index is 0.0453. The third kappa shape index (κ3) is 4.79. The number of hydrogen-bond donors (Lipinski definition) is 3. The van der Waals surface area contributed by atoms with Gasteiger partial charge in [0.2, 0.25) is 5.91 Å². The standard InChI is InChI=1S/C14H22N2O3/c1-4-7-15-14(18)9-16-10(2)12-8-11(19-3)5-6-13(12)17/h5-6,8,10,16-17H,4,7,9H2,1-3H3,(H,15,18). The summed E-state index contributed by atoms with van der Waals surface area (Å²) in [6, 6.07) is 4.91. The second-order valence-electron chi connectivity index (χ2n) is 4.38. The average Bonchev–Trinajstić information content (AvgIpc) is 2.43. The van der Waals surface area contributed by atoms with E-state index in [1.54, 1.807) is 25.3 Å². The molecule has 0 fully saturated rings. The molecule has 5 heteroatoms. The van der Waals surface area contributed by atoms with Crippen molar-refractivity contribution in [3.8, 4) is 11.5 Å². The summed E-state index contributed by atoms with van der Waals surface area (Å²) in [4.78, 5) is 11.5. The Kier molecular flexibility index (Phi) is 6.15. The van der Waals surface area contributed by atoms with Crippen LogP contribution in [0, 0.1) is 0 Å². The van der Waals surface area contributed by atoms with Gasteiger partial charge in [0.25, 0.3) is 0 Å². The number of phenolic OH excluding ortho intramolecular Hbond substituents is 1. The van der Waals surface area contributed by atoms with Gasteiger partial charge in [0.15, 0.2) is 0 Å². The topological polar surface area (TPSA) is 70.6 Å². The predicted molar refractivity (Wildman–Crippen MR) is 74.4 cm³/mol. The third-order valence-corrected chi connectivity index (χ3v) is 2.84. The summed E-state index contributed by atoms with van der Waals surface area (Å²) >= 11 is 0. The van der Waals surface area contributed by atoms with Gasteiger partial charge in [0.05, 0.1) is 13.7 Å². The van der Waals surface area contributed by atoms with E-state index < -0.39 is 0 Å². The molecule has 1 amide bonds. The van der Waals surface area contributed by atoms with Crippen LogP contribution in [0.1, 0.15) is 31.9 Å². The van der Waals surface area contributed by atoms with E-state index in [1.165, 1.54) is 0 Å². The van der Waals surface area contributed by atoms with Gasteiger partial charge >= 0.3 is 0 Å². The quantitative estimate of drug-likeness (QED) is 0.700. The monoisotopic (exact) mass is 266 g/mol. The van der Waals surface area contributed by atoms with E-state index in [0.717, 1.165) is 6.42 Å². The van der Waals surface area contributed by atoms with Crippen molar-refractivity contribution in [2.75, 3.05) is 20.2 Å². The first-order chi connectivity index (χ1) is 9.08.